The van der Waals surface area contributed by atoms with Gasteiger partial charge in [0.05, 0.1) is 19.5 Å². The SMILES string of the molecule is CCS(=O)(=O)CCCOc1c(CNC)cc(Cl)cc1OC. The van der Waals surface area contributed by atoms with E-state index in [1.165, 1.54) is 0 Å². The average molecular weight is 336 g/mol. The maximum absolute atomic E-state index is 11.4. The summed E-state index contributed by atoms with van der Waals surface area (Å²) >= 11 is 6.03. The van der Waals surface area contributed by atoms with Gasteiger partial charge < -0.3 is 14.8 Å². The van der Waals surface area contributed by atoms with Gasteiger partial charge in [0, 0.05) is 29.0 Å². The fourth-order valence-corrected chi connectivity index (χ4v) is 2.93. The molecule has 120 valence electrons. The van der Waals surface area contributed by atoms with Crippen molar-refractivity contribution in [1.29, 1.82) is 0 Å². The van der Waals surface area contributed by atoms with E-state index in [4.69, 9.17) is 21.1 Å². The molecular weight excluding hydrogens is 314 g/mol. The predicted octanol–water partition coefficient (Wildman–Crippen LogP) is 2.27. The molecule has 0 saturated carbocycles. The van der Waals surface area contributed by atoms with Crippen molar-refractivity contribution in [3.8, 4) is 11.5 Å². The number of hydrogen-bond acceptors (Lipinski definition) is 5. The van der Waals surface area contributed by atoms with Gasteiger partial charge in [0.25, 0.3) is 0 Å². The Bertz CT molecular complexity index is 560. The van der Waals surface area contributed by atoms with Crippen LogP contribution in [-0.4, -0.2) is 40.7 Å². The Morgan fingerprint density at radius 3 is 2.62 bits per heavy atom. The first-order chi connectivity index (χ1) is 9.93. The van der Waals surface area contributed by atoms with E-state index in [0.29, 0.717) is 36.1 Å². The zero-order valence-corrected chi connectivity index (χ0v) is 14.2. The Kier molecular flexibility index (Phi) is 7.28. The van der Waals surface area contributed by atoms with Gasteiger partial charge >= 0.3 is 0 Å². The van der Waals surface area contributed by atoms with Crippen LogP contribution in [0.15, 0.2) is 12.1 Å². The summed E-state index contributed by atoms with van der Waals surface area (Å²) in [6, 6.07) is 3.48. The summed E-state index contributed by atoms with van der Waals surface area (Å²) in [5, 5.41) is 3.60. The second-order valence-corrected chi connectivity index (χ2v) is 7.47. The molecule has 0 unspecified atom stereocenters. The van der Waals surface area contributed by atoms with E-state index in [0.717, 1.165) is 5.56 Å². The molecule has 21 heavy (non-hydrogen) atoms. The van der Waals surface area contributed by atoms with Crippen molar-refractivity contribution in [2.45, 2.75) is 19.9 Å². The van der Waals surface area contributed by atoms with Crippen LogP contribution >= 0.6 is 11.6 Å². The third-order valence-electron chi connectivity index (χ3n) is 2.97. The molecule has 1 rings (SSSR count). The molecule has 0 aliphatic heterocycles. The molecule has 0 saturated heterocycles. The van der Waals surface area contributed by atoms with Crippen molar-refractivity contribution >= 4 is 21.4 Å². The van der Waals surface area contributed by atoms with Gasteiger partial charge in [0.1, 0.15) is 9.84 Å². The normalized spacial score (nSPS) is 11.4. The van der Waals surface area contributed by atoms with E-state index in [1.807, 2.05) is 7.05 Å². The second kappa shape index (κ2) is 8.46. The number of nitrogens with one attached hydrogen (secondary N) is 1. The fourth-order valence-electron chi connectivity index (χ4n) is 1.86. The van der Waals surface area contributed by atoms with Gasteiger partial charge in [-0.1, -0.05) is 18.5 Å². The molecule has 5 nitrogen and oxygen atoms in total. The Morgan fingerprint density at radius 2 is 2.05 bits per heavy atom. The number of hydrogen-bond donors (Lipinski definition) is 1. The smallest absolute Gasteiger partial charge is 0.165 e. The molecule has 1 N–H and O–H groups in total. The maximum atomic E-state index is 11.4. The fraction of sp³-hybridized carbons (Fsp3) is 0.571. The van der Waals surface area contributed by atoms with E-state index in [9.17, 15) is 8.42 Å². The van der Waals surface area contributed by atoms with Gasteiger partial charge in [-0.05, 0) is 19.5 Å². The standard InChI is InChI=1S/C14H22ClNO4S/c1-4-21(17,18)7-5-6-20-14-11(10-16-2)8-12(15)9-13(14)19-3/h8-9,16H,4-7,10H2,1-3H3. The number of ether oxygens (including phenoxy) is 2. The highest BCUT2D eigenvalue weighted by Gasteiger charge is 2.13. The van der Waals surface area contributed by atoms with Crippen LogP contribution < -0.4 is 14.8 Å². The summed E-state index contributed by atoms with van der Waals surface area (Å²) in [5.74, 6) is 1.43. The highest BCUT2D eigenvalue weighted by Crippen LogP contribution is 2.34. The molecule has 1 aromatic rings. The first kappa shape index (κ1) is 18.1. The molecule has 0 aliphatic rings. The molecular formula is C14H22ClNO4S. The molecule has 0 bridgehead atoms. The third-order valence-corrected chi connectivity index (χ3v) is 4.98. The molecule has 0 heterocycles. The van der Waals surface area contributed by atoms with Crippen molar-refractivity contribution in [2.24, 2.45) is 0 Å². The number of methoxy groups -OCH3 is 1. The Labute approximate surface area is 131 Å². The lowest BCUT2D eigenvalue weighted by Crippen LogP contribution is -2.13. The van der Waals surface area contributed by atoms with Crippen LogP contribution in [0.25, 0.3) is 0 Å². The zero-order chi connectivity index (χ0) is 15.9. The molecule has 1 aromatic carbocycles. The van der Waals surface area contributed by atoms with Crippen LogP contribution in [0.2, 0.25) is 5.02 Å². The monoisotopic (exact) mass is 335 g/mol. The van der Waals surface area contributed by atoms with Crippen molar-refractivity contribution in [2.75, 3.05) is 32.3 Å². The molecule has 0 fully saturated rings. The maximum Gasteiger partial charge on any atom is 0.165 e. The largest absolute Gasteiger partial charge is 0.493 e. The van der Waals surface area contributed by atoms with Crippen LogP contribution in [0.5, 0.6) is 11.5 Å². The van der Waals surface area contributed by atoms with Crippen LogP contribution in [0.1, 0.15) is 18.9 Å². The van der Waals surface area contributed by atoms with Gasteiger partial charge in [-0.15, -0.1) is 0 Å². The van der Waals surface area contributed by atoms with Gasteiger partial charge in [-0.3, -0.25) is 0 Å². The second-order valence-electron chi connectivity index (χ2n) is 4.57. The van der Waals surface area contributed by atoms with Crippen LogP contribution in [0.4, 0.5) is 0 Å². The van der Waals surface area contributed by atoms with Gasteiger partial charge in [0.15, 0.2) is 11.5 Å². The summed E-state index contributed by atoms with van der Waals surface area (Å²) in [7, 11) is 0.408. The van der Waals surface area contributed by atoms with E-state index in [2.05, 4.69) is 5.32 Å². The molecule has 0 atom stereocenters. The Hall–Kier alpha value is -0.980. The molecule has 0 aromatic heterocycles. The van der Waals surface area contributed by atoms with E-state index < -0.39 is 9.84 Å². The van der Waals surface area contributed by atoms with Gasteiger partial charge in [-0.25, -0.2) is 8.42 Å². The van der Waals surface area contributed by atoms with E-state index in [1.54, 1.807) is 26.2 Å². The minimum Gasteiger partial charge on any atom is -0.493 e. The summed E-state index contributed by atoms with van der Waals surface area (Å²) in [4.78, 5) is 0. The summed E-state index contributed by atoms with van der Waals surface area (Å²) < 4.78 is 33.9. The van der Waals surface area contributed by atoms with Crippen molar-refractivity contribution in [1.82, 2.24) is 5.32 Å². The number of rotatable bonds is 9. The Morgan fingerprint density at radius 1 is 1.33 bits per heavy atom. The minimum absolute atomic E-state index is 0.126. The Balaban J connectivity index is 2.77. The first-order valence-electron chi connectivity index (χ1n) is 6.77. The number of benzene rings is 1. The third kappa shape index (κ3) is 5.73. The van der Waals surface area contributed by atoms with E-state index in [-0.39, 0.29) is 11.5 Å². The molecule has 0 spiro atoms. The lowest BCUT2D eigenvalue weighted by Gasteiger charge is -2.15. The highest BCUT2D eigenvalue weighted by molar-refractivity contribution is 7.91. The number of halogens is 1. The van der Waals surface area contributed by atoms with Crippen LogP contribution in [-0.2, 0) is 16.4 Å². The molecule has 0 amide bonds. The van der Waals surface area contributed by atoms with Crippen LogP contribution in [0, 0.1) is 0 Å². The first-order valence-corrected chi connectivity index (χ1v) is 8.97. The van der Waals surface area contributed by atoms with Crippen molar-refractivity contribution < 1.29 is 17.9 Å². The lowest BCUT2D eigenvalue weighted by molar-refractivity contribution is 0.291. The summed E-state index contributed by atoms with van der Waals surface area (Å²) in [5.41, 5.74) is 0.875. The van der Waals surface area contributed by atoms with Crippen molar-refractivity contribution in [3.63, 3.8) is 0 Å². The van der Waals surface area contributed by atoms with Crippen LogP contribution in [0.3, 0.4) is 0 Å². The zero-order valence-electron chi connectivity index (χ0n) is 12.6. The van der Waals surface area contributed by atoms with Crippen molar-refractivity contribution in [3.05, 3.63) is 22.7 Å². The van der Waals surface area contributed by atoms with E-state index >= 15 is 0 Å². The molecule has 0 aliphatic carbocycles. The molecule has 7 heteroatoms. The van der Waals surface area contributed by atoms with Gasteiger partial charge in [0.2, 0.25) is 0 Å². The van der Waals surface area contributed by atoms with Gasteiger partial charge in [-0.2, -0.15) is 0 Å². The summed E-state index contributed by atoms with van der Waals surface area (Å²) in [6.45, 7) is 2.54. The predicted molar refractivity (Wildman–Crippen MR) is 85.2 cm³/mol. The molecule has 0 radical (unpaired) electrons. The summed E-state index contributed by atoms with van der Waals surface area (Å²) in [6.07, 6.45) is 0.445. The highest BCUT2D eigenvalue weighted by atomic mass is 35.5. The number of sulfone groups is 1. The quantitative estimate of drug-likeness (QED) is 0.701. The lowest BCUT2D eigenvalue weighted by atomic mass is 10.2. The topological polar surface area (TPSA) is 64.6 Å². The average Bonchev–Trinajstić information content (AvgIpc) is 2.45. The minimum atomic E-state index is -2.96.